The third kappa shape index (κ3) is 9.37. The second-order valence-electron chi connectivity index (χ2n) is 10.6. The summed E-state index contributed by atoms with van der Waals surface area (Å²) >= 11 is 0. The van der Waals surface area contributed by atoms with E-state index in [2.05, 4.69) is 20.9 Å². The zero-order chi connectivity index (χ0) is 30.0. The molecule has 0 aliphatic heterocycles. The van der Waals surface area contributed by atoms with Crippen LogP contribution in [-0.4, -0.2) is 63.9 Å². The number of carboxylic acid groups (broad SMARTS) is 1. The molecule has 0 spiro atoms. The summed E-state index contributed by atoms with van der Waals surface area (Å²) < 4.78 is 0. The Hall–Kier alpha value is -3.93. The van der Waals surface area contributed by atoms with Crippen LogP contribution in [0.25, 0.3) is 10.9 Å². The Kier molecular flexibility index (Phi) is 12.1. The number of nitrogens with two attached hydrogens (primary N) is 2. The predicted molar refractivity (Wildman–Crippen MR) is 151 cm³/mol. The molecule has 1 aromatic carbocycles. The number of nitrogens with one attached hydrogen (secondary N) is 4. The number of primary amides is 1. The van der Waals surface area contributed by atoms with Crippen molar-refractivity contribution in [1.82, 2.24) is 20.9 Å². The van der Waals surface area contributed by atoms with Crippen LogP contribution in [0.2, 0.25) is 0 Å². The number of rotatable bonds is 16. The highest BCUT2D eigenvalue weighted by Gasteiger charge is 2.32. The van der Waals surface area contributed by atoms with E-state index in [4.69, 9.17) is 11.5 Å². The van der Waals surface area contributed by atoms with E-state index in [1.807, 2.05) is 45.0 Å². The van der Waals surface area contributed by atoms with E-state index in [1.54, 1.807) is 13.1 Å². The number of para-hydroxylation sites is 1. The number of carbonyl (C=O) groups excluding carboxylic acids is 4. The number of H-pyrrole nitrogens is 1. The van der Waals surface area contributed by atoms with Crippen molar-refractivity contribution in [3.63, 3.8) is 0 Å². The molecular weight excluding hydrogens is 516 g/mol. The Bertz CT molecular complexity index is 1190. The minimum Gasteiger partial charge on any atom is -0.480 e. The van der Waals surface area contributed by atoms with Crippen LogP contribution in [-0.2, 0) is 30.4 Å². The van der Waals surface area contributed by atoms with Crippen LogP contribution >= 0.6 is 0 Å². The summed E-state index contributed by atoms with van der Waals surface area (Å²) in [6, 6.07) is 3.14. The molecule has 5 atom stereocenters. The number of carbonyl (C=O) groups is 5. The van der Waals surface area contributed by atoms with E-state index in [-0.39, 0.29) is 37.5 Å². The molecule has 0 fully saturated rings. The van der Waals surface area contributed by atoms with Gasteiger partial charge in [0.2, 0.25) is 23.6 Å². The molecule has 220 valence electrons. The minimum absolute atomic E-state index is 0.00710. The van der Waals surface area contributed by atoms with Gasteiger partial charge in [-0.1, -0.05) is 52.3 Å². The predicted octanol–water partition coefficient (Wildman–Crippen LogP) is 0.934. The Morgan fingerprint density at radius 2 is 1.57 bits per heavy atom. The second-order valence-corrected chi connectivity index (χ2v) is 10.6. The van der Waals surface area contributed by atoms with Crippen molar-refractivity contribution in [2.45, 2.75) is 84.0 Å². The molecule has 0 radical (unpaired) electrons. The first-order chi connectivity index (χ1) is 18.8. The maximum absolute atomic E-state index is 13.6. The van der Waals surface area contributed by atoms with Gasteiger partial charge in [-0.2, -0.15) is 0 Å². The number of amides is 4. The van der Waals surface area contributed by atoms with Gasteiger partial charge in [-0.05, 0) is 36.3 Å². The number of hydrogen-bond acceptors (Lipinski definition) is 6. The third-order valence-electron chi connectivity index (χ3n) is 6.89. The summed E-state index contributed by atoms with van der Waals surface area (Å²) in [6.45, 7) is 7.30. The van der Waals surface area contributed by atoms with Crippen LogP contribution in [0.1, 0.15) is 58.9 Å². The van der Waals surface area contributed by atoms with Crippen molar-refractivity contribution in [3.8, 4) is 0 Å². The first-order valence-corrected chi connectivity index (χ1v) is 13.6. The lowest BCUT2D eigenvalue weighted by atomic mass is 9.97. The van der Waals surface area contributed by atoms with Crippen molar-refractivity contribution in [2.75, 3.05) is 0 Å². The van der Waals surface area contributed by atoms with Crippen molar-refractivity contribution in [3.05, 3.63) is 36.0 Å². The molecular formula is C28H42N6O6. The lowest BCUT2D eigenvalue weighted by Gasteiger charge is -2.27. The average Bonchev–Trinajstić information content (AvgIpc) is 3.31. The smallest absolute Gasteiger partial charge is 0.326 e. The first-order valence-electron chi connectivity index (χ1n) is 13.6. The highest BCUT2D eigenvalue weighted by atomic mass is 16.4. The van der Waals surface area contributed by atoms with E-state index in [0.29, 0.717) is 6.42 Å². The van der Waals surface area contributed by atoms with Crippen LogP contribution in [0.3, 0.4) is 0 Å². The second kappa shape index (κ2) is 15.0. The summed E-state index contributed by atoms with van der Waals surface area (Å²) in [6.07, 6.45) is 2.53. The maximum atomic E-state index is 13.6. The fraction of sp³-hybridized carbons (Fsp3) is 0.536. The summed E-state index contributed by atoms with van der Waals surface area (Å²) in [5, 5.41) is 18.4. The largest absolute Gasteiger partial charge is 0.480 e. The number of aromatic nitrogens is 1. The topological polar surface area (TPSA) is 210 Å². The van der Waals surface area contributed by atoms with Gasteiger partial charge in [0.15, 0.2) is 0 Å². The van der Waals surface area contributed by atoms with Crippen LogP contribution in [0, 0.1) is 11.8 Å². The monoisotopic (exact) mass is 558 g/mol. The zero-order valence-electron chi connectivity index (χ0n) is 23.5. The fourth-order valence-corrected chi connectivity index (χ4v) is 4.35. The van der Waals surface area contributed by atoms with Gasteiger partial charge in [-0.3, -0.25) is 19.2 Å². The summed E-state index contributed by atoms with van der Waals surface area (Å²) in [5.74, 6) is -3.99. The Morgan fingerprint density at radius 1 is 0.950 bits per heavy atom. The van der Waals surface area contributed by atoms with Crippen LogP contribution in [0.5, 0.6) is 0 Å². The lowest BCUT2D eigenvalue weighted by molar-refractivity contribution is -0.144. The minimum atomic E-state index is -1.16. The molecule has 12 heteroatoms. The fourth-order valence-electron chi connectivity index (χ4n) is 4.35. The van der Waals surface area contributed by atoms with E-state index in [1.165, 1.54) is 0 Å². The highest BCUT2D eigenvalue weighted by molar-refractivity contribution is 5.95. The van der Waals surface area contributed by atoms with Crippen molar-refractivity contribution in [2.24, 2.45) is 23.3 Å². The number of hydrogen-bond donors (Lipinski definition) is 7. The SMILES string of the molecule is CCC(C)C(NC(=O)C(CC(C)C)NC(=O)C(Cc1c[nH]c2ccccc12)NC(=O)C(N)CCC(N)=O)C(=O)O. The van der Waals surface area contributed by atoms with Gasteiger partial charge in [0.25, 0.3) is 0 Å². The first kappa shape index (κ1) is 32.3. The van der Waals surface area contributed by atoms with Gasteiger partial charge in [-0.15, -0.1) is 0 Å². The molecule has 4 amide bonds. The van der Waals surface area contributed by atoms with Gasteiger partial charge in [0.1, 0.15) is 18.1 Å². The molecule has 1 aromatic heterocycles. The molecule has 0 saturated heterocycles. The molecule has 0 bridgehead atoms. The van der Waals surface area contributed by atoms with Crippen molar-refractivity contribution < 1.29 is 29.1 Å². The standard InChI is InChI=1S/C28H42N6O6/c1-5-16(4)24(28(39)40)34-27(38)21(12-15(2)3)33-26(37)22(32-25(36)19(29)10-11-23(30)35)13-17-14-31-20-9-7-6-8-18(17)20/h6-9,14-16,19,21-22,24,31H,5,10-13,29H2,1-4H3,(H2,30,35)(H,32,36)(H,33,37)(H,34,38)(H,39,40). The normalized spacial score (nSPS) is 15.1. The maximum Gasteiger partial charge on any atom is 0.326 e. The lowest BCUT2D eigenvalue weighted by Crippen LogP contribution is -2.58. The van der Waals surface area contributed by atoms with Gasteiger partial charge >= 0.3 is 5.97 Å². The van der Waals surface area contributed by atoms with Gasteiger partial charge in [0.05, 0.1) is 6.04 Å². The Balaban J connectivity index is 2.31. The van der Waals surface area contributed by atoms with Crippen LogP contribution in [0.4, 0.5) is 0 Å². The number of fused-ring (bicyclic) bond motifs is 1. The van der Waals surface area contributed by atoms with E-state index in [0.717, 1.165) is 16.5 Å². The zero-order valence-corrected chi connectivity index (χ0v) is 23.5. The van der Waals surface area contributed by atoms with E-state index < -0.39 is 53.8 Å². The molecule has 0 aliphatic rings. The summed E-state index contributed by atoms with van der Waals surface area (Å²) in [7, 11) is 0. The van der Waals surface area contributed by atoms with Crippen LogP contribution < -0.4 is 27.4 Å². The molecule has 0 aliphatic carbocycles. The average molecular weight is 559 g/mol. The quantitative estimate of drug-likeness (QED) is 0.158. The number of aromatic amines is 1. The molecule has 0 saturated carbocycles. The molecule has 2 aromatic rings. The summed E-state index contributed by atoms with van der Waals surface area (Å²) in [4.78, 5) is 65.7. The highest BCUT2D eigenvalue weighted by Crippen LogP contribution is 2.20. The number of aliphatic carboxylic acids is 1. The van der Waals surface area contributed by atoms with Crippen molar-refractivity contribution >= 4 is 40.5 Å². The number of benzene rings is 1. The molecule has 5 unspecified atom stereocenters. The van der Waals surface area contributed by atoms with Gasteiger partial charge < -0.3 is 37.5 Å². The molecule has 2 rings (SSSR count). The molecule has 12 nitrogen and oxygen atoms in total. The summed E-state index contributed by atoms with van der Waals surface area (Å²) in [5.41, 5.74) is 12.7. The Morgan fingerprint density at radius 3 is 2.17 bits per heavy atom. The third-order valence-corrected chi connectivity index (χ3v) is 6.89. The van der Waals surface area contributed by atoms with E-state index in [9.17, 15) is 29.1 Å². The van der Waals surface area contributed by atoms with E-state index >= 15 is 0 Å². The molecule has 1 heterocycles. The van der Waals surface area contributed by atoms with Crippen molar-refractivity contribution in [1.29, 1.82) is 0 Å². The molecule has 9 N–H and O–H groups in total. The van der Waals surface area contributed by atoms with Gasteiger partial charge in [-0.25, -0.2) is 4.79 Å². The molecule has 40 heavy (non-hydrogen) atoms. The van der Waals surface area contributed by atoms with Gasteiger partial charge in [0, 0.05) is 29.9 Å². The number of carboxylic acids is 1. The van der Waals surface area contributed by atoms with Crippen LogP contribution in [0.15, 0.2) is 30.5 Å². The Labute approximate surface area is 234 Å².